The summed E-state index contributed by atoms with van der Waals surface area (Å²) in [6.45, 7) is 1.68. The van der Waals surface area contributed by atoms with Crippen molar-refractivity contribution in [1.29, 1.82) is 0 Å². The van der Waals surface area contributed by atoms with Crippen LogP contribution < -0.4 is 5.32 Å². The summed E-state index contributed by atoms with van der Waals surface area (Å²) in [6, 6.07) is 16.3. The van der Waals surface area contributed by atoms with Crippen molar-refractivity contribution in [3.05, 3.63) is 65.9 Å². The first kappa shape index (κ1) is 12.2. The molecule has 0 saturated heterocycles. The normalized spacial score (nSPS) is 20.2. The van der Waals surface area contributed by atoms with E-state index in [1.54, 1.807) is 6.92 Å². The maximum Gasteiger partial charge on any atom is 0.139 e. The molecule has 3 aromatic rings. The molecule has 3 heteroatoms. The molecule has 0 saturated carbocycles. The van der Waals surface area contributed by atoms with Gasteiger partial charge in [0.2, 0.25) is 0 Å². The largest absolute Gasteiger partial charge is 0.377 e. The number of hydrogen-bond acceptors (Lipinski definition) is 2. The van der Waals surface area contributed by atoms with Crippen LogP contribution in [0.4, 0.5) is 5.69 Å². The molecule has 2 heterocycles. The maximum atomic E-state index is 12.2. The summed E-state index contributed by atoms with van der Waals surface area (Å²) in [6.07, 6.45) is 2.02. The number of aromatic nitrogens is 1. The third-order valence-electron chi connectivity index (χ3n) is 4.33. The van der Waals surface area contributed by atoms with Gasteiger partial charge in [-0.05, 0) is 24.6 Å². The minimum Gasteiger partial charge on any atom is -0.377 e. The number of H-pyrrole nitrogens is 1. The van der Waals surface area contributed by atoms with E-state index >= 15 is 0 Å². The number of carbonyl (C=O) groups is 1. The molecule has 0 radical (unpaired) electrons. The smallest absolute Gasteiger partial charge is 0.139 e. The van der Waals surface area contributed by atoms with E-state index in [4.69, 9.17) is 0 Å². The fourth-order valence-corrected chi connectivity index (χ4v) is 3.39. The van der Waals surface area contributed by atoms with Gasteiger partial charge in [-0.2, -0.15) is 0 Å². The van der Waals surface area contributed by atoms with Crippen LogP contribution in [0.2, 0.25) is 0 Å². The summed E-state index contributed by atoms with van der Waals surface area (Å²) in [7, 11) is 0. The summed E-state index contributed by atoms with van der Waals surface area (Å²) in [5.74, 6) is 0.0723. The molecule has 104 valence electrons. The fourth-order valence-electron chi connectivity index (χ4n) is 3.39. The molecule has 0 spiro atoms. The number of aromatic amines is 1. The average molecular weight is 276 g/mol. The lowest BCUT2D eigenvalue weighted by Gasteiger charge is -2.17. The van der Waals surface area contributed by atoms with Gasteiger partial charge in [0.25, 0.3) is 0 Å². The van der Waals surface area contributed by atoms with Crippen LogP contribution in [0.15, 0.2) is 54.7 Å². The highest BCUT2D eigenvalue weighted by atomic mass is 16.1. The van der Waals surface area contributed by atoms with E-state index in [1.807, 2.05) is 42.6 Å². The van der Waals surface area contributed by atoms with Crippen LogP contribution in [-0.2, 0) is 4.79 Å². The van der Waals surface area contributed by atoms with Crippen molar-refractivity contribution in [2.75, 3.05) is 5.32 Å². The Kier molecular flexibility index (Phi) is 2.61. The zero-order valence-corrected chi connectivity index (χ0v) is 11.8. The molecule has 0 bridgehead atoms. The highest BCUT2D eigenvalue weighted by Crippen LogP contribution is 2.45. The first-order chi connectivity index (χ1) is 10.3. The van der Waals surface area contributed by atoms with E-state index in [0.717, 1.165) is 22.3 Å². The molecule has 2 atom stereocenters. The number of ketones is 1. The van der Waals surface area contributed by atoms with E-state index in [1.165, 1.54) is 5.39 Å². The molecule has 0 fully saturated rings. The molecule has 1 aliphatic heterocycles. The fraction of sp³-hybridized carbons (Fsp3) is 0.167. The van der Waals surface area contributed by atoms with E-state index in [9.17, 15) is 4.79 Å². The van der Waals surface area contributed by atoms with Gasteiger partial charge in [0.1, 0.15) is 5.78 Å². The summed E-state index contributed by atoms with van der Waals surface area (Å²) >= 11 is 0. The van der Waals surface area contributed by atoms with Gasteiger partial charge in [0.15, 0.2) is 0 Å². The zero-order chi connectivity index (χ0) is 14.4. The van der Waals surface area contributed by atoms with Crippen LogP contribution in [-0.4, -0.2) is 10.8 Å². The van der Waals surface area contributed by atoms with Crippen molar-refractivity contribution in [1.82, 2.24) is 4.98 Å². The number of hydrogen-bond donors (Lipinski definition) is 2. The molecule has 2 aromatic carbocycles. The van der Waals surface area contributed by atoms with Crippen LogP contribution in [0.5, 0.6) is 0 Å². The van der Waals surface area contributed by atoms with E-state index in [0.29, 0.717) is 0 Å². The Bertz CT molecular complexity index is 834. The van der Waals surface area contributed by atoms with Gasteiger partial charge >= 0.3 is 0 Å². The van der Waals surface area contributed by atoms with Crippen molar-refractivity contribution in [3.8, 4) is 0 Å². The molecule has 21 heavy (non-hydrogen) atoms. The highest BCUT2D eigenvalue weighted by molar-refractivity contribution is 5.92. The SMILES string of the molecule is CC(=O)[C@@H]1c2ccccc2N[C@@H]1c1c[nH]c2ccccc12. The average Bonchev–Trinajstić information content (AvgIpc) is 3.08. The molecular formula is C18H16N2O. The van der Waals surface area contributed by atoms with E-state index in [2.05, 4.69) is 22.4 Å². The summed E-state index contributed by atoms with van der Waals surface area (Å²) < 4.78 is 0. The molecular weight excluding hydrogens is 260 g/mol. The maximum absolute atomic E-state index is 12.2. The number of para-hydroxylation sites is 2. The number of nitrogens with one attached hydrogen (secondary N) is 2. The Labute approximate surface area is 123 Å². The topological polar surface area (TPSA) is 44.9 Å². The first-order valence-electron chi connectivity index (χ1n) is 7.17. The van der Waals surface area contributed by atoms with Gasteiger partial charge in [0.05, 0.1) is 12.0 Å². The third-order valence-corrected chi connectivity index (χ3v) is 4.33. The van der Waals surface area contributed by atoms with Crippen LogP contribution in [0.1, 0.15) is 30.0 Å². The van der Waals surface area contributed by atoms with Crippen LogP contribution in [0.3, 0.4) is 0 Å². The summed E-state index contributed by atoms with van der Waals surface area (Å²) in [4.78, 5) is 15.5. The lowest BCUT2D eigenvalue weighted by atomic mass is 9.87. The first-order valence-corrected chi connectivity index (χ1v) is 7.17. The molecule has 1 aromatic heterocycles. The van der Waals surface area contributed by atoms with E-state index in [-0.39, 0.29) is 17.7 Å². The van der Waals surface area contributed by atoms with Crippen LogP contribution in [0.25, 0.3) is 10.9 Å². The molecule has 2 N–H and O–H groups in total. The quantitative estimate of drug-likeness (QED) is 0.743. The third kappa shape index (κ3) is 1.77. The monoisotopic (exact) mass is 276 g/mol. The number of anilines is 1. The Morgan fingerprint density at radius 3 is 2.62 bits per heavy atom. The predicted molar refractivity (Wildman–Crippen MR) is 84.5 cm³/mol. The van der Waals surface area contributed by atoms with Gasteiger partial charge < -0.3 is 10.3 Å². The minimum atomic E-state index is -0.125. The zero-order valence-electron chi connectivity index (χ0n) is 11.8. The van der Waals surface area contributed by atoms with Crippen molar-refractivity contribution < 1.29 is 4.79 Å². The second kappa shape index (κ2) is 4.48. The second-order valence-corrected chi connectivity index (χ2v) is 5.59. The van der Waals surface area contributed by atoms with Gasteiger partial charge in [-0.15, -0.1) is 0 Å². The Morgan fingerprint density at radius 2 is 1.76 bits per heavy atom. The van der Waals surface area contributed by atoms with Crippen LogP contribution in [0, 0.1) is 0 Å². The Morgan fingerprint density at radius 1 is 1.00 bits per heavy atom. The molecule has 1 aliphatic rings. The molecule has 0 unspecified atom stereocenters. The van der Waals surface area contributed by atoms with Gasteiger partial charge in [-0.3, -0.25) is 4.79 Å². The van der Waals surface area contributed by atoms with Crippen molar-refractivity contribution in [3.63, 3.8) is 0 Å². The lowest BCUT2D eigenvalue weighted by molar-refractivity contribution is -0.118. The molecule has 4 rings (SSSR count). The van der Waals surface area contributed by atoms with Crippen LogP contribution >= 0.6 is 0 Å². The Hall–Kier alpha value is -2.55. The Balaban J connectivity index is 1.87. The lowest BCUT2D eigenvalue weighted by Crippen LogP contribution is -2.17. The van der Waals surface area contributed by atoms with Crippen molar-refractivity contribution >= 4 is 22.4 Å². The number of carbonyl (C=O) groups excluding carboxylic acids is 1. The number of benzene rings is 2. The van der Waals surface area contributed by atoms with Crippen molar-refractivity contribution in [2.45, 2.75) is 18.9 Å². The standard InChI is InChI=1S/C18H16N2O/c1-11(21)17-13-7-3-5-9-16(13)20-18(17)14-10-19-15-8-4-2-6-12(14)15/h2-10,17-20H,1H3/t17-,18-/m1/s1. The molecule has 0 aliphatic carbocycles. The van der Waals surface area contributed by atoms with Crippen molar-refractivity contribution in [2.24, 2.45) is 0 Å². The number of Topliss-reactive ketones (excluding diaryl/α,β-unsaturated/α-hetero) is 1. The number of rotatable bonds is 2. The van der Waals surface area contributed by atoms with E-state index < -0.39 is 0 Å². The van der Waals surface area contributed by atoms with Gasteiger partial charge in [-0.25, -0.2) is 0 Å². The molecule has 0 amide bonds. The predicted octanol–water partition coefficient (Wildman–Crippen LogP) is 4.01. The number of fused-ring (bicyclic) bond motifs is 2. The van der Waals surface area contributed by atoms with Gasteiger partial charge in [-0.1, -0.05) is 36.4 Å². The summed E-state index contributed by atoms with van der Waals surface area (Å²) in [5, 5.41) is 4.69. The summed E-state index contributed by atoms with van der Waals surface area (Å²) in [5.41, 5.74) is 4.42. The molecule has 3 nitrogen and oxygen atoms in total. The van der Waals surface area contributed by atoms with Gasteiger partial charge in [0, 0.05) is 28.4 Å². The highest BCUT2D eigenvalue weighted by Gasteiger charge is 2.37. The second-order valence-electron chi connectivity index (χ2n) is 5.59. The minimum absolute atomic E-state index is 0.00366.